The summed E-state index contributed by atoms with van der Waals surface area (Å²) in [7, 11) is -3.74. The van der Waals surface area contributed by atoms with Crippen molar-refractivity contribution >= 4 is 27.3 Å². The Morgan fingerprint density at radius 2 is 1.21 bits per heavy atom. The van der Waals surface area contributed by atoms with Crippen molar-refractivity contribution in [3.05, 3.63) is 115 Å². The minimum absolute atomic E-state index is 0.170. The van der Waals surface area contributed by atoms with Gasteiger partial charge in [0.2, 0.25) is 0 Å². The van der Waals surface area contributed by atoms with Crippen molar-refractivity contribution in [2.24, 2.45) is 0 Å². The van der Waals surface area contributed by atoms with Gasteiger partial charge in [-0.05, 0) is 59.7 Å². The van der Waals surface area contributed by atoms with Crippen LogP contribution in [0.3, 0.4) is 0 Å². The number of nitrogens with one attached hydrogen (secondary N) is 2. The van der Waals surface area contributed by atoms with Gasteiger partial charge >= 0.3 is 5.91 Å². The van der Waals surface area contributed by atoms with Gasteiger partial charge in [0, 0.05) is 22.9 Å². The van der Waals surface area contributed by atoms with E-state index in [9.17, 15) is 13.2 Å². The highest BCUT2D eigenvalue weighted by atomic mass is 32.2. The van der Waals surface area contributed by atoms with Gasteiger partial charge in [-0.3, -0.25) is 9.52 Å². The molecule has 1 amide bonds. The van der Waals surface area contributed by atoms with E-state index in [-0.39, 0.29) is 4.90 Å². The lowest BCUT2D eigenvalue weighted by Gasteiger charge is -2.09. The van der Waals surface area contributed by atoms with Crippen molar-refractivity contribution in [1.29, 1.82) is 0 Å². The molecule has 162 valence electrons. The van der Waals surface area contributed by atoms with Crippen LogP contribution in [-0.4, -0.2) is 14.3 Å². The number of rotatable bonds is 5. The van der Waals surface area contributed by atoms with Crippen molar-refractivity contribution in [3.63, 3.8) is 0 Å². The Morgan fingerprint density at radius 3 is 1.85 bits per heavy atom. The third-order valence-electron chi connectivity index (χ3n) is 4.76. The molecule has 0 fully saturated rings. The van der Waals surface area contributed by atoms with Gasteiger partial charge in [-0.1, -0.05) is 66.6 Å². The Balaban J connectivity index is 1.41. The van der Waals surface area contributed by atoms with Crippen LogP contribution in [0.2, 0.25) is 0 Å². The van der Waals surface area contributed by atoms with E-state index in [1.807, 2.05) is 48.5 Å². The first-order chi connectivity index (χ1) is 16.0. The van der Waals surface area contributed by atoms with Crippen LogP contribution >= 0.6 is 0 Å². The number of benzene rings is 4. The summed E-state index contributed by atoms with van der Waals surface area (Å²) in [5.41, 5.74) is 3.62. The van der Waals surface area contributed by atoms with Gasteiger partial charge in [0.1, 0.15) is 0 Å². The molecule has 0 aliphatic rings. The van der Waals surface area contributed by atoms with Gasteiger partial charge in [-0.15, -0.1) is 0 Å². The first-order valence-corrected chi connectivity index (χ1v) is 11.6. The van der Waals surface area contributed by atoms with Gasteiger partial charge in [-0.2, -0.15) is 0 Å². The number of hydrogen-bond acceptors (Lipinski definition) is 3. The number of sulfonamides is 1. The minimum atomic E-state index is -3.74. The van der Waals surface area contributed by atoms with Crippen molar-refractivity contribution in [3.8, 4) is 23.0 Å². The number of carbonyl (C=O) groups excluding carboxylic acids is 1. The fourth-order valence-electron chi connectivity index (χ4n) is 3.11. The van der Waals surface area contributed by atoms with Crippen LogP contribution in [0.4, 0.5) is 11.4 Å². The summed E-state index contributed by atoms with van der Waals surface area (Å²) in [5, 5.41) is 2.68. The fraction of sp³-hybridized carbons (Fsp3) is 0. The van der Waals surface area contributed by atoms with E-state index in [1.54, 1.807) is 60.7 Å². The molecule has 0 radical (unpaired) electrons. The van der Waals surface area contributed by atoms with Crippen molar-refractivity contribution in [2.75, 3.05) is 10.0 Å². The Labute approximate surface area is 193 Å². The molecule has 0 aliphatic heterocycles. The lowest BCUT2D eigenvalue weighted by atomic mass is 10.1. The SMILES string of the molecule is O=C(C#Cc1ccc(NS(=O)(=O)c2ccc(-c3ccccc3)cc2)cc1)Nc1ccccc1. The molecule has 0 spiro atoms. The zero-order valence-corrected chi connectivity index (χ0v) is 18.3. The Morgan fingerprint density at radius 1 is 0.636 bits per heavy atom. The van der Waals surface area contributed by atoms with Crippen LogP contribution < -0.4 is 10.0 Å². The van der Waals surface area contributed by atoms with Crippen LogP contribution in [0.5, 0.6) is 0 Å². The fourth-order valence-corrected chi connectivity index (χ4v) is 4.16. The summed E-state index contributed by atoms with van der Waals surface area (Å²) >= 11 is 0. The summed E-state index contributed by atoms with van der Waals surface area (Å²) in [6.45, 7) is 0. The number of hydrogen-bond donors (Lipinski definition) is 2. The second-order valence-corrected chi connectivity index (χ2v) is 8.83. The predicted molar refractivity (Wildman–Crippen MR) is 131 cm³/mol. The van der Waals surface area contributed by atoms with Crippen molar-refractivity contribution < 1.29 is 13.2 Å². The molecule has 0 aliphatic carbocycles. The number of para-hydroxylation sites is 1. The quantitative estimate of drug-likeness (QED) is 0.412. The van der Waals surface area contributed by atoms with E-state index >= 15 is 0 Å². The standard InChI is InChI=1S/C27H20N2O3S/c30-27(28-24-9-5-2-6-10-24)20-13-21-11-16-25(17-12-21)29-33(31,32)26-18-14-23(15-19-26)22-7-3-1-4-8-22/h1-12,14-19,29H,(H,28,30). The molecule has 0 atom stereocenters. The van der Waals surface area contributed by atoms with E-state index in [2.05, 4.69) is 21.9 Å². The first-order valence-electron chi connectivity index (χ1n) is 10.2. The zero-order chi connectivity index (χ0) is 23.1. The highest BCUT2D eigenvalue weighted by Gasteiger charge is 2.14. The Bertz CT molecular complexity index is 1400. The molecular weight excluding hydrogens is 432 g/mol. The zero-order valence-electron chi connectivity index (χ0n) is 17.5. The van der Waals surface area contributed by atoms with Crippen molar-refractivity contribution in [1.82, 2.24) is 0 Å². The molecule has 33 heavy (non-hydrogen) atoms. The summed E-state index contributed by atoms with van der Waals surface area (Å²) < 4.78 is 28.0. The molecule has 4 aromatic carbocycles. The molecule has 0 unspecified atom stereocenters. The lowest BCUT2D eigenvalue weighted by Crippen LogP contribution is -2.12. The molecule has 0 heterocycles. The van der Waals surface area contributed by atoms with Crippen LogP contribution in [0.1, 0.15) is 5.56 Å². The average molecular weight is 453 g/mol. The molecule has 6 heteroatoms. The van der Waals surface area contributed by atoms with Gasteiger partial charge < -0.3 is 5.32 Å². The van der Waals surface area contributed by atoms with E-state index in [1.165, 1.54) is 0 Å². The average Bonchev–Trinajstić information content (AvgIpc) is 2.85. The van der Waals surface area contributed by atoms with Gasteiger partial charge in [0.25, 0.3) is 10.0 Å². The normalized spacial score (nSPS) is 10.5. The van der Waals surface area contributed by atoms with E-state index in [0.29, 0.717) is 16.9 Å². The van der Waals surface area contributed by atoms with E-state index < -0.39 is 15.9 Å². The molecule has 2 N–H and O–H groups in total. The molecule has 0 saturated heterocycles. The Hall–Kier alpha value is -4.34. The largest absolute Gasteiger partial charge is 0.315 e. The maximum atomic E-state index is 12.7. The summed E-state index contributed by atoms with van der Waals surface area (Å²) in [5.74, 6) is 4.86. The van der Waals surface area contributed by atoms with Crippen molar-refractivity contribution in [2.45, 2.75) is 4.90 Å². The molecule has 0 saturated carbocycles. The molecule has 0 bridgehead atoms. The van der Waals surface area contributed by atoms with E-state index in [0.717, 1.165) is 11.1 Å². The molecule has 5 nitrogen and oxygen atoms in total. The maximum Gasteiger partial charge on any atom is 0.300 e. The van der Waals surface area contributed by atoms with Gasteiger partial charge in [0.15, 0.2) is 0 Å². The second-order valence-electron chi connectivity index (χ2n) is 7.14. The van der Waals surface area contributed by atoms with E-state index in [4.69, 9.17) is 0 Å². The Kier molecular flexibility index (Phi) is 6.53. The highest BCUT2D eigenvalue weighted by molar-refractivity contribution is 7.92. The summed E-state index contributed by atoms with van der Waals surface area (Å²) in [6.07, 6.45) is 0. The molecule has 4 rings (SSSR count). The lowest BCUT2D eigenvalue weighted by molar-refractivity contribution is -0.111. The van der Waals surface area contributed by atoms with Crippen LogP contribution in [0.15, 0.2) is 114 Å². The minimum Gasteiger partial charge on any atom is -0.315 e. The number of carbonyl (C=O) groups is 1. The first kappa shape index (κ1) is 21.9. The second kappa shape index (κ2) is 9.86. The number of anilines is 2. The summed E-state index contributed by atoms with van der Waals surface area (Å²) in [4.78, 5) is 12.1. The number of amides is 1. The maximum absolute atomic E-state index is 12.7. The smallest absolute Gasteiger partial charge is 0.300 e. The topological polar surface area (TPSA) is 75.3 Å². The van der Waals surface area contributed by atoms with Crippen LogP contribution in [-0.2, 0) is 14.8 Å². The molecule has 4 aromatic rings. The van der Waals surface area contributed by atoms with Crippen LogP contribution in [0, 0.1) is 11.8 Å². The monoisotopic (exact) mass is 452 g/mol. The van der Waals surface area contributed by atoms with Crippen LogP contribution in [0.25, 0.3) is 11.1 Å². The molecular formula is C27H20N2O3S. The summed E-state index contributed by atoms with van der Waals surface area (Å²) in [6, 6.07) is 32.0. The highest BCUT2D eigenvalue weighted by Crippen LogP contribution is 2.22. The van der Waals surface area contributed by atoms with Gasteiger partial charge in [0.05, 0.1) is 4.90 Å². The molecule has 0 aromatic heterocycles. The predicted octanol–water partition coefficient (Wildman–Crippen LogP) is 5.14. The van der Waals surface area contributed by atoms with Gasteiger partial charge in [-0.25, -0.2) is 8.42 Å². The third kappa shape index (κ3) is 5.88. The third-order valence-corrected chi connectivity index (χ3v) is 6.16.